The van der Waals surface area contributed by atoms with E-state index in [0.29, 0.717) is 0 Å². The normalized spacial score (nSPS) is 9.00. The summed E-state index contributed by atoms with van der Waals surface area (Å²) in [6, 6.07) is 11.8. The van der Waals surface area contributed by atoms with Crippen LogP contribution >= 0.6 is 0 Å². The molecule has 0 amide bonds. The summed E-state index contributed by atoms with van der Waals surface area (Å²) in [4.78, 5) is 4.27. The molecular formula is C13H8N2. The zero-order valence-corrected chi connectivity index (χ0v) is 8.07. The number of nitrogens with zero attached hydrogens (tertiary/aromatic N) is 2. The van der Waals surface area contributed by atoms with Crippen LogP contribution in [0.25, 0.3) is 10.9 Å². The maximum Gasteiger partial charge on any atom is 0.0966 e. The van der Waals surface area contributed by atoms with Gasteiger partial charge in [-0.1, -0.05) is 30.0 Å². The van der Waals surface area contributed by atoms with Gasteiger partial charge in [-0.25, -0.2) is 0 Å². The van der Waals surface area contributed by atoms with Gasteiger partial charge >= 0.3 is 0 Å². The van der Waals surface area contributed by atoms with Crippen molar-refractivity contribution in [3.05, 3.63) is 42.1 Å². The Bertz CT molecular complexity index is 582. The average molecular weight is 192 g/mol. The Kier molecular flexibility index (Phi) is 2.63. The van der Waals surface area contributed by atoms with Crippen molar-refractivity contribution in [1.82, 2.24) is 4.98 Å². The third kappa shape index (κ3) is 2.13. The quantitative estimate of drug-likeness (QED) is 0.601. The molecule has 0 saturated carbocycles. The van der Waals surface area contributed by atoms with Crippen LogP contribution in [0.1, 0.15) is 12.0 Å². The van der Waals surface area contributed by atoms with Crippen molar-refractivity contribution >= 4 is 10.9 Å². The molecule has 0 saturated heterocycles. The number of benzene rings is 1. The highest BCUT2D eigenvalue weighted by Crippen LogP contribution is 2.11. The molecule has 0 spiro atoms. The lowest BCUT2D eigenvalue weighted by molar-refractivity contribution is 1.38. The number of aromatic nitrogens is 1. The average Bonchev–Trinajstić information content (AvgIpc) is 2.29. The Hall–Kier alpha value is -2.32. The highest BCUT2D eigenvalue weighted by Gasteiger charge is 1.93. The topological polar surface area (TPSA) is 36.7 Å². The molecule has 1 heterocycles. The summed E-state index contributed by atoms with van der Waals surface area (Å²) in [7, 11) is 0. The largest absolute Gasteiger partial charge is 0.255 e. The van der Waals surface area contributed by atoms with E-state index in [1.165, 1.54) is 0 Å². The van der Waals surface area contributed by atoms with E-state index in [1.54, 1.807) is 6.20 Å². The molecule has 0 atom stereocenters. The summed E-state index contributed by atoms with van der Waals surface area (Å²) in [5.74, 6) is 5.67. The lowest BCUT2D eigenvalue weighted by Gasteiger charge is -1.95. The number of fused-ring (bicyclic) bond motifs is 1. The van der Waals surface area contributed by atoms with Gasteiger partial charge in [-0.3, -0.25) is 4.98 Å². The first kappa shape index (κ1) is 9.24. The monoisotopic (exact) mass is 192 g/mol. The van der Waals surface area contributed by atoms with Crippen molar-refractivity contribution in [3.8, 4) is 17.9 Å². The van der Waals surface area contributed by atoms with Gasteiger partial charge in [0.05, 0.1) is 18.0 Å². The van der Waals surface area contributed by atoms with Crippen LogP contribution in [0.3, 0.4) is 0 Å². The lowest BCUT2D eigenvalue weighted by atomic mass is 10.1. The first-order chi connectivity index (χ1) is 7.40. The summed E-state index contributed by atoms with van der Waals surface area (Å²) >= 11 is 0. The maximum atomic E-state index is 8.35. The minimum atomic E-state index is 0.257. The predicted octanol–water partition coefficient (Wildman–Crippen LogP) is 2.50. The number of hydrogen-bond donors (Lipinski definition) is 0. The number of hydrogen-bond acceptors (Lipinski definition) is 2. The Morgan fingerprint density at radius 3 is 3.00 bits per heavy atom. The summed E-state index contributed by atoms with van der Waals surface area (Å²) in [6.45, 7) is 0. The van der Waals surface area contributed by atoms with Gasteiger partial charge in [-0.2, -0.15) is 5.26 Å². The molecular weight excluding hydrogens is 184 g/mol. The van der Waals surface area contributed by atoms with E-state index < -0.39 is 0 Å². The standard InChI is InChI=1S/C13H8N2/c14-8-4-3-5-11-9-12-6-1-2-7-13(12)15-10-11/h1-2,6-7,9-10H,4H2. The molecule has 0 N–H and O–H groups in total. The first-order valence-electron chi connectivity index (χ1n) is 4.61. The van der Waals surface area contributed by atoms with E-state index in [1.807, 2.05) is 36.4 Å². The molecule has 0 aliphatic heterocycles. The zero-order chi connectivity index (χ0) is 10.5. The van der Waals surface area contributed by atoms with Gasteiger partial charge in [0, 0.05) is 17.1 Å². The SMILES string of the molecule is N#CCC#Cc1cnc2ccccc2c1. The minimum Gasteiger partial charge on any atom is -0.255 e. The van der Waals surface area contributed by atoms with Crippen molar-refractivity contribution in [1.29, 1.82) is 5.26 Å². The second-order valence-corrected chi connectivity index (χ2v) is 3.05. The van der Waals surface area contributed by atoms with Crippen LogP contribution in [0.4, 0.5) is 0 Å². The summed E-state index contributed by atoms with van der Waals surface area (Å²) in [5, 5.41) is 9.42. The van der Waals surface area contributed by atoms with Gasteiger partial charge in [-0.15, -0.1) is 0 Å². The molecule has 0 bridgehead atoms. The van der Waals surface area contributed by atoms with Crippen LogP contribution in [-0.2, 0) is 0 Å². The molecule has 0 aliphatic carbocycles. The molecule has 0 radical (unpaired) electrons. The smallest absolute Gasteiger partial charge is 0.0966 e. The Labute approximate surface area is 88.2 Å². The molecule has 15 heavy (non-hydrogen) atoms. The van der Waals surface area contributed by atoms with E-state index in [2.05, 4.69) is 16.8 Å². The zero-order valence-electron chi connectivity index (χ0n) is 8.07. The summed E-state index contributed by atoms with van der Waals surface area (Å²) < 4.78 is 0. The van der Waals surface area contributed by atoms with Gasteiger partial charge in [0.2, 0.25) is 0 Å². The van der Waals surface area contributed by atoms with E-state index in [0.717, 1.165) is 16.5 Å². The van der Waals surface area contributed by atoms with Crippen LogP contribution in [0.2, 0.25) is 0 Å². The molecule has 0 fully saturated rings. The third-order valence-corrected chi connectivity index (χ3v) is 1.99. The Balaban J connectivity index is 2.41. The van der Waals surface area contributed by atoms with Crippen LogP contribution < -0.4 is 0 Å². The van der Waals surface area contributed by atoms with Gasteiger partial charge in [0.15, 0.2) is 0 Å². The predicted molar refractivity (Wildman–Crippen MR) is 58.9 cm³/mol. The van der Waals surface area contributed by atoms with Crippen molar-refractivity contribution in [2.75, 3.05) is 0 Å². The fourth-order valence-electron chi connectivity index (χ4n) is 1.33. The van der Waals surface area contributed by atoms with Crippen molar-refractivity contribution in [2.24, 2.45) is 0 Å². The summed E-state index contributed by atoms with van der Waals surface area (Å²) in [6.07, 6.45) is 1.99. The molecule has 0 aliphatic rings. The molecule has 2 nitrogen and oxygen atoms in total. The molecule has 1 aromatic heterocycles. The highest BCUT2D eigenvalue weighted by molar-refractivity contribution is 5.79. The molecule has 1 aromatic carbocycles. The van der Waals surface area contributed by atoms with Crippen molar-refractivity contribution < 1.29 is 0 Å². The van der Waals surface area contributed by atoms with Gasteiger partial charge in [0.1, 0.15) is 0 Å². The van der Waals surface area contributed by atoms with E-state index in [4.69, 9.17) is 5.26 Å². The molecule has 70 valence electrons. The van der Waals surface area contributed by atoms with Crippen molar-refractivity contribution in [2.45, 2.75) is 6.42 Å². The van der Waals surface area contributed by atoms with E-state index in [9.17, 15) is 0 Å². The maximum absolute atomic E-state index is 8.35. The number of pyridine rings is 1. The third-order valence-electron chi connectivity index (χ3n) is 1.99. The fraction of sp³-hybridized carbons (Fsp3) is 0.0769. The van der Waals surface area contributed by atoms with Gasteiger partial charge in [-0.05, 0) is 12.1 Å². The first-order valence-corrected chi connectivity index (χ1v) is 4.61. The van der Waals surface area contributed by atoms with Crippen LogP contribution in [0, 0.1) is 23.2 Å². The van der Waals surface area contributed by atoms with Crippen molar-refractivity contribution in [3.63, 3.8) is 0 Å². The van der Waals surface area contributed by atoms with E-state index in [-0.39, 0.29) is 6.42 Å². The molecule has 2 heteroatoms. The van der Waals surface area contributed by atoms with Crippen LogP contribution in [-0.4, -0.2) is 4.98 Å². The van der Waals surface area contributed by atoms with Gasteiger partial charge in [0.25, 0.3) is 0 Å². The van der Waals surface area contributed by atoms with Gasteiger partial charge < -0.3 is 0 Å². The molecule has 2 aromatic rings. The second-order valence-electron chi connectivity index (χ2n) is 3.05. The highest BCUT2D eigenvalue weighted by atomic mass is 14.6. The van der Waals surface area contributed by atoms with Crippen LogP contribution in [0.15, 0.2) is 36.5 Å². The summed E-state index contributed by atoms with van der Waals surface area (Å²) in [5.41, 5.74) is 1.81. The Morgan fingerprint density at radius 1 is 1.27 bits per heavy atom. The lowest BCUT2D eigenvalue weighted by Crippen LogP contribution is -1.81. The fourth-order valence-corrected chi connectivity index (χ4v) is 1.33. The molecule has 2 rings (SSSR count). The minimum absolute atomic E-state index is 0.257. The number of para-hydroxylation sites is 1. The number of nitriles is 1. The second kappa shape index (κ2) is 4.26. The van der Waals surface area contributed by atoms with Crippen LogP contribution in [0.5, 0.6) is 0 Å². The van der Waals surface area contributed by atoms with E-state index >= 15 is 0 Å². The Morgan fingerprint density at radius 2 is 2.13 bits per heavy atom. The number of rotatable bonds is 0. The molecule has 0 unspecified atom stereocenters.